The lowest BCUT2D eigenvalue weighted by molar-refractivity contribution is 0.480. The fourth-order valence-electron chi connectivity index (χ4n) is 2.62. The van der Waals surface area contributed by atoms with Gasteiger partial charge in [-0.1, -0.05) is 25.0 Å². The molecule has 1 aliphatic carbocycles. The van der Waals surface area contributed by atoms with Gasteiger partial charge in [0.25, 0.3) is 0 Å². The van der Waals surface area contributed by atoms with Crippen molar-refractivity contribution in [2.75, 3.05) is 0 Å². The zero-order chi connectivity index (χ0) is 10.3. The van der Waals surface area contributed by atoms with Crippen LogP contribution < -0.4 is 0 Å². The third-order valence-electron chi connectivity index (χ3n) is 3.45. The van der Waals surface area contributed by atoms with Gasteiger partial charge in [0.05, 0.1) is 5.52 Å². The number of nitrogens with one attached hydrogen (secondary N) is 1. The molecule has 1 aromatic heterocycles. The number of aromatic amines is 1. The molecular weight excluding hydrogens is 186 g/mol. The Morgan fingerprint density at radius 3 is 2.73 bits per heavy atom. The molecule has 1 heterocycles. The molecule has 0 spiro atoms. The Labute approximate surface area is 88.9 Å². The smallest absolute Gasteiger partial charge is 0.139 e. The number of aromatic nitrogens is 1. The normalized spacial score (nSPS) is 17.6. The van der Waals surface area contributed by atoms with Gasteiger partial charge < -0.3 is 10.1 Å². The van der Waals surface area contributed by atoms with Crippen molar-refractivity contribution in [3.05, 3.63) is 30.0 Å². The van der Waals surface area contributed by atoms with E-state index in [1.807, 2.05) is 12.1 Å². The number of phenols is 1. The van der Waals surface area contributed by atoms with Crippen LogP contribution in [-0.4, -0.2) is 10.1 Å². The molecular formula is C13H15NO. The van der Waals surface area contributed by atoms with Crippen molar-refractivity contribution >= 4 is 10.9 Å². The Morgan fingerprint density at radius 2 is 2.00 bits per heavy atom. The Kier molecular flexibility index (Phi) is 1.94. The minimum atomic E-state index is 0.358. The number of fused-ring (bicyclic) bond motifs is 1. The zero-order valence-electron chi connectivity index (χ0n) is 8.66. The van der Waals surface area contributed by atoms with E-state index in [0.29, 0.717) is 11.7 Å². The van der Waals surface area contributed by atoms with Crippen LogP contribution in [0, 0.1) is 0 Å². The van der Waals surface area contributed by atoms with Crippen molar-refractivity contribution in [3.8, 4) is 5.75 Å². The Balaban J connectivity index is 2.09. The molecule has 0 unspecified atom stereocenters. The summed E-state index contributed by atoms with van der Waals surface area (Å²) in [5.74, 6) is 1.04. The third-order valence-corrected chi connectivity index (χ3v) is 3.45. The standard InChI is InChI=1S/C13H15NO/c15-12-7-3-6-10-8-11(14-13(10)12)9-4-1-2-5-9/h3,6-9,14-15H,1-2,4-5H2. The van der Waals surface area contributed by atoms with Gasteiger partial charge in [0.2, 0.25) is 0 Å². The molecule has 15 heavy (non-hydrogen) atoms. The first-order chi connectivity index (χ1) is 7.34. The number of rotatable bonds is 1. The van der Waals surface area contributed by atoms with Crippen LogP contribution in [0.4, 0.5) is 0 Å². The highest BCUT2D eigenvalue weighted by molar-refractivity contribution is 5.85. The van der Waals surface area contributed by atoms with E-state index in [1.165, 1.54) is 31.4 Å². The van der Waals surface area contributed by atoms with Crippen LogP contribution in [-0.2, 0) is 0 Å². The van der Waals surface area contributed by atoms with Gasteiger partial charge in [-0.3, -0.25) is 0 Å². The lowest BCUT2D eigenvalue weighted by Gasteiger charge is -2.04. The Hall–Kier alpha value is -1.44. The molecule has 0 radical (unpaired) electrons. The number of phenolic OH excluding ortho intramolecular Hbond substituents is 1. The highest BCUT2D eigenvalue weighted by Gasteiger charge is 2.19. The quantitative estimate of drug-likeness (QED) is 0.727. The minimum absolute atomic E-state index is 0.358. The van der Waals surface area contributed by atoms with Crippen LogP contribution in [0.3, 0.4) is 0 Å². The van der Waals surface area contributed by atoms with E-state index in [2.05, 4.69) is 11.1 Å². The van der Waals surface area contributed by atoms with E-state index in [1.54, 1.807) is 6.07 Å². The van der Waals surface area contributed by atoms with Gasteiger partial charge in [0.15, 0.2) is 0 Å². The van der Waals surface area contributed by atoms with Crippen molar-refractivity contribution in [1.29, 1.82) is 0 Å². The van der Waals surface area contributed by atoms with Crippen LogP contribution in [0.1, 0.15) is 37.3 Å². The fraction of sp³-hybridized carbons (Fsp3) is 0.385. The first kappa shape index (κ1) is 8.84. The first-order valence-corrected chi connectivity index (χ1v) is 5.65. The molecule has 0 saturated heterocycles. The summed E-state index contributed by atoms with van der Waals surface area (Å²) in [7, 11) is 0. The summed E-state index contributed by atoms with van der Waals surface area (Å²) in [6.07, 6.45) is 5.25. The first-order valence-electron chi connectivity index (χ1n) is 5.65. The molecule has 0 amide bonds. The highest BCUT2D eigenvalue weighted by atomic mass is 16.3. The van der Waals surface area contributed by atoms with Crippen LogP contribution in [0.2, 0.25) is 0 Å². The summed E-state index contributed by atoms with van der Waals surface area (Å²) >= 11 is 0. The van der Waals surface area contributed by atoms with Gasteiger partial charge in [-0.2, -0.15) is 0 Å². The van der Waals surface area contributed by atoms with Gasteiger partial charge in [-0.25, -0.2) is 0 Å². The predicted molar refractivity (Wildman–Crippen MR) is 61.2 cm³/mol. The van der Waals surface area contributed by atoms with Gasteiger partial charge in [-0.05, 0) is 30.9 Å². The third kappa shape index (κ3) is 1.41. The molecule has 1 aromatic carbocycles. The highest BCUT2D eigenvalue weighted by Crippen LogP contribution is 2.36. The summed E-state index contributed by atoms with van der Waals surface area (Å²) < 4.78 is 0. The van der Waals surface area contributed by atoms with Gasteiger partial charge in [0.1, 0.15) is 5.75 Å². The van der Waals surface area contributed by atoms with Crippen LogP contribution in [0.25, 0.3) is 10.9 Å². The maximum atomic E-state index is 9.70. The van der Waals surface area contributed by atoms with Crippen molar-refractivity contribution < 1.29 is 5.11 Å². The number of aromatic hydroxyl groups is 1. The molecule has 0 aliphatic heterocycles. The molecule has 0 bridgehead atoms. The second-order valence-corrected chi connectivity index (χ2v) is 4.45. The largest absolute Gasteiger partial charge is 0.506 e. The molecule has 1 fully saturated rings. The Bertz CT molecular complexity index is 480. The van der Waals surface area contributed by atoms with E-state index in [9.17, 15) is 5.11 Å². The van der Waals surface area contributed by atoms with Crippen molar-refractivity contribution in [2.24, 2.45) is 0 Å². The summed E-state index contributed by atoms with van der Waals surface area (Å²) in [4.78, 5) is 3.36. The molecule has 2 N–H and O–H groups in total. The molecule has 2 heteroatoms. The second-order valence-electron chi connectivity index (χ2n) is 4.45. The van der Waals surface area contributed by atoms with E-state index in [-0.39, 0.29) is 0 Å². The second kappa shape index (κ2) is 3.30. The number of hydrogen-bond acceptors (Lipinski definition) is 1. The van der Waals surface area contributed by atoms with Crippen molar-refractivity contribution in [1.82, 2.24) is 4.98 Å². The lowest BCUT2D eigenvalue weighted by atomic mass is 10.0. The van der Waals surface area contributed by atoms with Crippen LogP contribution >= 0.6 is 0 Å². The van der Waals surface area contributed by atoms with E-state index < -0.39 is 0 Å². The van der Waals surface area contributed by atoms with E-state index >= 15 is 0 Å². The van der Waals surface area contributed by atoms with Gasteiger partial charge >= 0.3 is 0 Å². The molecule has 2 aromatic rings. The lowest BCUT2D eigenvalue weighted by Crippen LogP contribution is -1.90. The molecule has 1 saturated carbocycles. The molecule has 1 aliphatic rings. The molecule has 2 nitrogen and oxygen atoms in total. The van der Waals surface area contributed by atoms with Gasteiger partial charge in [-0.15, -0.1) is 0 Å². The summed E-state index contributed by atoms with van der Waals surface area (Å²) in [5.41, 5.74) is 2.18. The van der Waals surface area contributed by atoms with Crippen molar-refractivity contribution in [2.45, 2.75) is 31.6 Å². The number of para-hydroxylation sites is 1. The Morgan fingerprint density at radius 1 is 1.20 bits per heavy atom. The average Bonchev–Trinajstić information content (AvgIpc) is 2.86. The summed E-state index contributed by atoms with van der Waals surface area (Å²) in [6.45, 7) is 0. The summed E-state index contributed by atoms with van der Waals surface area (Å²) in [5, 5.41) is 10.8. The number of hydrogen-bond donors (Lipinski definition) is 2. The van der Waals surface area contributed by atoms with Gasteiger partial charge in [0, 0.05) is 11.1 Å². The minimum Gasteiger partial charge on any atom is -0.506 e. The SMILES string of the molecule is Oc1cccc2cc(C3CCCC3)[nH]c12. The van der Waals surface area contributed by atoms with E-state index in [0.717, 1.165) is 10.9 Å². The zero-order valence-corrected chi connectivity index (χ0v) is 8.66. The fourth-order valence-corrected chi connectivity index (χ4v) is 2.62. The molecule has 3 rings (SSSR count). The van der Waals surface area contributed by atoms with Crippen molar-refractivity contribution in [3.63, 3.8) is 0 Å². The van der Waals surface area contributed by atoms with Crippen LogP contribution in [0.15, 0.2) is 24.3 Å². The number of benzene rings is 1. The maximum Gasteiger partial charge on any atom is 0.139 e. The molecule has 78 valence electrons. The monoisotopic (exact) mass is 201 g/mol. The number of H-pyrrole nitrogens is 1. The topological polar surface area (TPSA) is 36.0 Å². The summed E-state index contributed by atoms with van der Waals surface area (Å²) in [6, 6.07) is 7.86. The predicted octanol–water partition coefficient (Wildman–Crippen LogP) is 3.53. The molecule has 0 atom stereocenters. The average molecular weight is 201 g/mol. The van der Waals surface area contributed by atoms with Crippen LogP contribution in [0.5, 0.6) is 5.75 Å². The van der Waals surface area contributed by atoms with E-state index in [4.69, 9.17) is 0 Å². The maximum absolute atomic E-state index is 9.70.